The van der Waals surface area contributed by atoms with E-state index < -0.39 is 0 Å². The number of amides is 1. The third-order valence-electron chi connectivity index (χ3n) is 2.99. The molecule has 0 radical (unpaired) electrons. The highest BCUT2D eigenvalue weighted by atomic mass is 16.5. The molecule has 0 spiro atoms. The zero-order valence-corrected chi connectivity index (χ0v) is 10.2. The third-order valence-corrected chi connectivity index (χ3v) is 2.99. The summed E-state index contributed by atoms with van der Waals surface area (Å²) in [6.07, 6.45) is 0. The second-order valence-electron chi connectivity index (χ2n) is 4.54. The molecule has 0 saturated heterocycles. The molecule has 16 heavy (non-hydrogen) atoms. The average molecular weight is 219 g/mol. The van der Waals surface area contributed by atoms with Crippen molar-refractivity contribution in [2.75, 3.05) is 18.6 Å². The van der Waals surface area contributed by atoms with Gasteiger partial charge in [-0.3, -0.25) is 4.79 Å². The van der Waals surface area contributed by atoms with Crippen molar-refractivity contribution in [1.29, 1.82) is 0 Å². The van der Waals surface area contributed by atoms with Crippen LogP contribution in [-0.2, 0) is 4.79 Å². The van der Waals surface area contributed by atoms with Gasteiger partial charge in [0.1, 0.15) is 5.75 Å². The second kappa shape index (κ2) is 3.81. The first kappa shape index (κ1) is 11.0. The molecular weight excluding hydrogens is 202 g/mol. The van der Waals surface area contributed by atoms with E-state index in [0.717, 1.165) is 22.6 Å². The number of hydrogen-bond acceptors (Lipinski definition) is 2. The molecule has 0 bridgehead atoms. The molecule has 2 rings (SSSR count). The number of ether oxygens (including phenoxy) is 1. The fourth-order valence-electron chi connectivity index (χ4n) is 2.19. The standard InChI is InChI=1S/C13H17NO2/c1-8-5-9(2)12-11(6-8)16-7-10(3)13(15)14(12)4/h5-6,10H,7H2,1-4H3. The lowest BCUT2D eigenvalue weighted by molar-refractivity contribution is -0.122. The van der Waals surface area contributed by atoms with E-state index in [9.17, 15) is 4.79 Å². The number of aryl methyl sites for hydroxylation is 2. The van der Waals surface area contributed by atoms with E-state index in [1.54, 1.807) is 4.90 Å². The summed E-state index contributed by atoms with van der Waals surface area (Å²) in [5.41, 5.74) is 3.14. The van der Waals surface area contributed by atoms with Gasteiger partial charge < -0.3 is 9.64 Å². The second-order valence-corrected chi connectivity index (χ2v) is 4.54. The number of nitrogens with zero attached hydrogens (tertiary/aromatic N) is 1. The number of rotatable bonds is 0. The van der Waals surface area contributed by atoms with Crippen LogP contribution in [0.5, 0.6) is 5.75 Å². The van der Waals surface area contributed by atoms with Gasteiger partial charge in [0, 0.05) is 7.05 Å². The van der Waals surface area contributed by atoms with E-state index in [1.165, 1.54) is 0 Å². The van der Waals surface area contributed by atoms with Gasteiger partial charge in [-0.05, 0) is 31.0 Å². The maximum absolute atomic E-state index is 12.0. The van der Waals surface area contributed by atoms with Crippen molar-refractivity contribution >= 4 is 11.6 Å². The van der Waals surface area contributed by atoms with E-state index in [4.69, 9.17) is 4.74 Å². The SMILES string of the molecule is Cc1cc(C)c2c(c1)OCC(C)C(=O)N2C. The molecule has 1 atom stereocenters. The van der Waals surface area contributed by atoms with Gasteiger partial charge >= 0.3 is 0 Å². The smallest absolute Gasteiger partial charge is 0.233 e. The first-order valence-electron chi connectivity index (χ1n) is 5.52. The summed E-state index contributed by atoms with van der Waals surface area (Å²) in [6.45, 7) is 6.40. The van der Waals surface area contributed by atoms with Gasteiger partial charge in [-0.2, -0.15) is 0 Å². The van der Waals surface area contributed by atoms with Crippen LogP contribution in [-0.4, -0.2) is 19.6 Å². The normalized spacial score (nSPS) is 20.1. The van der Waals surface area contributed by atoms with Gasteiger partial charge in [0.25, 0.3) is 0 Å². The van der Waals surface area contributed by atoms with Gasteiger partial charge in [0.15, 0.2) is 0 Å². The maximum atomic E-state index is 12.0. The molecule has 86 valence electrons. The molecule has 1 aromatic carbocycles. The lowest BCUT2D eigenvalue weighted by Gasteiger charge is -2.20. The van der Waals surface area contributed by atoms with Crippen molar-refractivity contribution in [3.05, 3.63) is 23.3 Å². The quantitative estimate of drug-likeness (QED) is 0.670. The van der Waals surface area contributed by atoms with Crippen LogP contribution in [0.25, 0.3) is 0 Å². The molecule has 3 heteroatoms. The van der Waals surface area contributed by atoms with Crippen molar-refractivity contribution in [2.24, 2.45) is 5.92 Å². The number of carbonyl (C=O) groups excluding carboxylic acids is 1. The Balaban J connectivity index is 2.57. The van der Waals surface area contributed by atoms with Crippen molar-refractivity contribution < 1.29 is 9.53 Å². The van der Waals surface area contributed by atoms with Gasteiger partial charge in [0.05, 0.1) is 18.2 Å². The summed E-state index contributed by atoms with van der Waals surface area (Å²) in [4.78, 5) is 13.7. The Kier molecular flexibility index (Phi) is 2.62. The zero-order valence-electron chi connectivity index (χ0n) is 10.2. The molecule has 0 aliphatic carbocycles. The van der Waals surface area contributed by atoms with Crippen LogP contribution in [0.4, 0.5) is 5.69 Å². The Bertz CT molecular complexity index is 440. The van der Waals surface area contributed by atoms with E-state index in [1.807, 2.05) is 33.9 Å². The monoisotopic (exact) mass is 219 g/mol. The average Bonchev–Trinajstić information content (AvgIpc) is 2.31. The highest BCUT2D eigenvalue weighted by molar-refractivity contribution is 5.97. The van der Waals surface area contributed by atoms with Crippen LogP contribution in [0.3, 0.4) is 0 Å². The van der Waals surface area contributed by atoms with Crippen molar-refractivity contribution in [2.45, 2.75) is 20.8 Å². The van der Waals surface area contributed by atoms with Crippen molar-refractivity contribution in [1.82, 2.24) is 0 Å². The Morgan fingerprint density at radius 3 is 2.75 bits per heavy atom. The van der Waals surface area contributed by atoms with Gasteiger partial charge in [-0.1, -0.05) is 13.0 Å². The molecule has 0 saturated carbocycles. The topological polar surface area (TPSA) is 29.5 Å². The van der Waals surface area contributed by atoms with Crippen LogP contribution in [0.2, 0.25) is 0 Å². The zero-order chi connectivity index (χ0) is 11.9. The van der Waals surface area contributed by atoms with Crippen molar-refractivity contribution in [3.8, 4) is 5.75 Å². The molecule has 0 aromatic heterocycles. The first-order chi connectivity index (χ1) is 7.50. The predicted octanol–water partition coefficient (Wildman–Crippen LogP) is 2.29. The molecule has 0 N–H and O–H groups in total. The molecule has 1 amide bonds. The Morgan fingerprint density at radius 2 is 2.06 bits per heavy atom. The van der Waals surface area contributed by atoms with E-state index in [-0.39, 0.29) is 11.8 Å². The molecule has 1 aliphatic heterocycles. The van der Waals surface area contributed by atoms with Gasteiger partial charge in [0.2, 0.25) is 5.91 Å². The summed E-state index contributed by atoms with van der Waals surface area (Å²) in [7, 11) is 1.81. The molecule has 1 aromatic rings. The molecular formula is C13H17NO2. The fourth-order valence-corrected chi connectivity index (χ4v) is 2.19. The van der Waals surface area contributed by atoms with E-state index >= 15 is 0 Å². The summed E-state index contributed by atoms with van der Waals surface area (Å²) < 4.78 is 5.70. The summed E-state index contributed by atoms with van der Waals surface area (Å²) >= 11 is 0. The molecule has 1 heterocycles. The molecule has 0 fully saturated rings. The third kappa shape index (κ3) is 1.66. The molecule has 3 nitrogen and oxygen atoms in total. The van der Waals surface area contributed by atoms with Crippen LogP contribution in [0, 0.1) is 19.8 Å². The number of anilines is 1. The summed E-state index contributed by atoms with van der Waals surface area (Å²) in [5, 5.41) is 0. The maximum Gasteiger partial charge on any atom is 0.233 e. The molecule has 1 aliphatic rings. The Morgan fingerprint density at radius 1 is 1.38 bits per heavy atom. The van der Waals surface area contributed by atoms with Crippen LogP contribution in [0.1, 0.15) is 18.1 Å². The Labute approximate surface area is 96.0 Å². The van der Waals surface area contributed by atoms with E-state index in [0.29, 0.717) is 6.61 Å². The largest absolute Gasteiger partial charge is 0.491 e. The number of carbonyl (C=O) groups is 1. The number of benzene rings is 1. The number of fused-ring (bicyclic) bond motifs is 1. The van der Waals surface area contributed by atoms with Gasteiger partial charge in [-0.15, -0.1) is 0 Å². The Hall–Kier alpha value is -1.51. The van der Waals surface area contributed by atoms with Crippen LogP contribution in [0.15, 0.2) is 12.1 Å². The highest BCUT2D eigenvalue weighted by Crippen LogP contribution is 2.35. The highest BCUT2D eigenvalue weighted by Gasteiger charge is 2.27. The summed E-state index contributed by atoms with van der Waals surface area (Å²) in [6, 6.07) is 4.06. The minimum Gasteiger partial charge on any atom is -0.491 e. The predicted molar refractivity (Wildman–Crippen MR) is 64.0 cm³/mol. The van der Waals surface area contributed by atoms with Gasteiger partial charge in [-0.25, -0.2) is 0 Å². The fraction of sp³-hybridized carbons (Fsp3) is 0.462. The van der Waals surface area contributed by atoms with E-state index in [2.05, 4.69) is 6.07 Å². The number of hydrogen-bond donors (Lipinski definition) is 0. The lowest BCUT2D eigenvalue weighted by Crippen LogP contribution is -2.32. The molecule has 1 unspecified atom stereocenters. The minimum atomic E-state index is -0.0860. The summed E-state index contributed by atoms with van der Waals surface area (Å²) in [5.74, 6) is 0.848. The minimum absolute atomic E-state index is 0.0860. The van der Waals surface area contributed by atoms with Crippen LogP contribution >= 0.6 is 0 Å². The van der Waals surface area contributed by atoms with Crippen molar-refractivity contribution in [3.63, 3.8) is 0 Å². The lowest BCUT2D eigenvalue weighted by atomic mass is 10.1. The first-order valence-corrected chi connectivity index (χ1v) is 5.52. The van der Waals surface area contributed by atoms with Crippen LogP contribution < -0.4 is 9.64 Å².